The van der Waals surface area contributed by atoms with Crippen LogP contribution in [0.25, 0.3) is 0 Å². The van der Waals surface area contributed by atoms with Gasteiger partial charge in [-0.15, -0.1) is 0 Å². The molecule has 0 saturated carbocycles. The first kappa shape index (κ1) is 16.1. The minimum atomic E-state index is -3.20. The molecule has 0 spiro atoms. The average molecular weight is 285 g/mol. The van der Waals surface area contributed by atoms with Crippen LogP contribution in [0.2, 0.25) is 0 Å². The highest BCUT2D eigenvalue weighted by atomic mass is 32.2. The van der Waals surface area contributed by atoms with Crippen molar-refractivity contribution in [3.8, 4) is 0 Å². The summed E-state index contributed by atoms with van der Waals surface area (Å²) >= 11 is 0. The van der Waals surface area contributed by atoms with E-state index in [1.165, 1.54) is 18.4 Å². The van der Waals surface area contributed by atoms with Crippen LogP contribution in [0.1, 0.15) is 33.3 Å². The molecular formula is C14H23NO3S. The molecule has 0 aromatic heterocycles. The summed E-state index contributed by atoms with van der Waals surface area (Å²) in [4.78, 5) is 0.260. The lowest BCUT2D eigenvalue weighted by Gasteiger charge is -2.29. The molecule has 19 heavy (non-hydrogen) atoms. The van der Waals surface area contributed by atoms with Crippen molar-refractivity contribution in [1.82, 2.24) is 5.32 Å². The van der Waals surface area contributed by atoms with Crippen molar-refractivity contribution >= 4 is 9.84 Å². The summed E-state index contributed by atoms with van der Waals surface area (Å²) in [5.41, 5.74) is -0.434. The van der Waals surface area contributed by atoms with Crippen LogP contribution in [0.15, 0.2) is 29.2 Å². The van der Waals surface area contributed by atoms with Crippen molar-refractivity contribution in [2.45, 2.75) is 43.7 Å². The summed E-state index contributed by atoms with van der Waals surface area (Å²) in [6.07, 6.45) is 1.17. The first-order chi connectivity index (χ1) is 8.42. The fourth-order valence-electron chi connectivity index (χ4n) is 1.60. The highest BCUT2D eigenvalue weighted by Gasteiger charge is 2.25. The maximum Gasteiger partial charge on any atom is 0.175 e. The molecule has 5 heteroatoms. The van der Waals surface area contributed by atoms with Gasteiger partial charge in [0.2, 0.25) is 0 Å². The highest BCUT2D eigenvalue weighted by Crippen LogP contribution is 2.22. The maximum atomic E-state index is 11.4. The lowest BCUT2D eigenvalue weighted by atomic mass is 9.95. The highest BCUT2D eigenvalue weighted by molar-refractivity contribution is 7.90. The summed E-state index contributed by atoms with van der Waals surface area (Å²) < 4.78 is 22.8. The van der Waals surface area contributed by atoms with E-state index in [2.05, 4.69) is 5.32 Å². The Labute approximate surface area is 115 Å². The summed E-state index contributed by atoms with van der Waals surface area (Å²) in [5.74, 6) is 0. The van der Waals surface area contributed by atoms with E-state index in [0.29, 0.717) is 12.1 Å². The SMILES string of the molecule is CC(C)(C)NCC(C)(O)c1ccc(S(C)(=O)=O)cc1. The van der Waals surface area contributed by atoms with Gasteiger partial charge in [0.1, 0.15) is 0 Å². The molecule has 1 unspecified atom stereocenters. The van der Waals surface area contributed by atoms with Gasteiger partial charge in [0.05, 0.1) is 10.5 Å². The summed E-state index contributed by atoms with van der Waals surface area (Å²) in [7, 11) is -3.20. The van der Waals surface area contributed by atoms with Crippen LogP contribution in [0.3, 0.4) is 0 Å². The molecule has 1 atom stereocenters. The van der Waals surface area contributed by atoms with E-state index in [9.17, 15) is 13.5 Å². The minimum absolute atomic E-state index is 0.0866. The van der Waals surface area contributed by atoms with E-state index in [0.717, 1.165) is 0 Å². The van der Waals surface area contributed by atoms with Gasteiger partial charge in [-0.05, 0) is 45.4 Å². The Kier molecular flexibility index (Phi) is 4.44. The van der Waals surface area contributed by atoms with Crippen molar-refractivity contribution in [2.75, 3.05) is 12.8 Å². The summed E-state index contributed by atoms with van der Waals surface area (Å²) in [6, 6.07) is 6.36. The van der Waals surface area contributed by atoms with Crippen LogP contribution in [0.5, 0.6) is 0 Å². The topological polar surface area (TPSA) is 66.4 Å². The number of aliphatic hydroxyl groups is 1. The van der Waals surface area contributed by atoms with Crippen LogP contribution >= 0.6 is 0 Å². The van der Waals surface area contributed by atoms with Crippen molar-refractivity contribution < 1.29 is 13.5 Å². The van der Waals surface area contributed by atoms with E-state index in [1.807, 2.05) is 20.8 Å². The first-order valence-corrected chi connectivity index (χ1v) is 8.09. The zero-order valence-corrected chi connectivity index (χ0v) is 13.0. The normalized spacial score (nSPS) is 16.1. The standard InChI is InChI=1S/C14H23NO3S/c1-13(2,3)15-10-14(4,16)11-6-8-12(9-7-11)19(5,17)18/h6-9,15-16H,10H2,1-5H3. The van der Waals surface area contributed by atoms with Crippen LogP contribution in [0, 0.1) is 0 Å². The van der Waals surface area contributed by atoms with Gasteiger partial charge in [-0.1, -0.05) is 12.1 Å². The molecule has 0 saturated heterocycles. The van der Waals surface area contributed by atoms with Gasteiger partial charge in [0.25, 0.3) is 0 Å². The van der Waals surface area contributed by atoms with E-state index in [4.69, 9.17) is 0 Å². The molecule has 4 nitrogen and oxygen atoms in total. The molecule has 1 aromatic rings. The smallest absolute Gasteiger partial charge is 0.175 e. The molecule has 0 bridgehead atoms. The van der Waals surface area contributed by atoms with E-state index >= 15 is 0 Å². The predicted octanol–water partition coefficient (Wildman–Crippen LogP) is 1.69. The third kappa shape index (κ3) is 4.93. The molecule has 0 radical (unpaired) electrons. The van der Waals surface area contributed by atoms with Crippen molar-refractivity contribution in [3.05, 3.63) is 29.8 Å². The Balaban J connectivity index is 2.91. The number of hydrogen-bond acceptors (Lipinski definition) is 4. The summed E-state index contributed by atoms with van der Waals surface area (Å²) in [6.45, 7) is 8.18. The van der Waals surface area contributed by atoms with Gasteiger partial charge >= 0.3 is 0 Å². The second-order valence-corrected chi connectivity index (χ2v) is 8.19. The molecular weight excluding hydrogens is 262 g/mol. The van der Waals surface area contributed by atoms with E-state index < -0.39 is 15.4 Å². The zero-order valence-electron chi connectivity index (χ0n) is 12.2. The molecule has 0 fully saturated rings. The number of benzene rings is 1. The van der Waals surface area contributed by atoms with Gasteiger partial charge in [-0.3, -0.25) is 0 Å². The molecule has 0 aliphatic heterocycles. The number of rotatable bonds is 4. The van der Waals surface area contributed by atoms with Gasteiger partial charge in [0, 0.05) is 18.3 Å². The molecule has 0 amide bonds. The van der Waals surface area contributed by atoms with Gasteiger partial charge in [-0.2, -0.15) is 0 Å². The Morgan fingerprint density at radius 2 is 1.58 bits per heavy atom. The molecule has 0 aliphatic rings. The van der Waals surface area contributed by atoms with Gasteiger partial charge in [-0.25, -0.2) is 8.42 Å². The number of hydrogen-bond donors (Lipinski definition) is 2. The zero-order chi connectivity index (χ0) is 14.9. The minimum Gasteiger partial charge on any atom is -0.384 e. The maximum absolute atomic E-state index is 11.4. The van der Waals surface area contributed by atoms with Crippen LogP contribution < -0.4 is 5.32 Å². The quantitative estimate of drug-likeness (QED) is 0.883. The average Bonchev–Trinajstić information content (AvgIpc) is 2.25. The largest absolute Gasteiger partial charge is 0.384 e. The fourth-order valence-corrected chi connectivity index (χ4v) is 2.23. The van der Waals surface area contributed by atoms with Gasteiger partial charge < -0.3 is 10.4 Å². The molecule has 108 valence electrons. The van der Waals surface area contributed by atoms with Crippen LogP contribution in [0.4, 0.5) is 0 Å². The van der Waals surface area contributed by atoms with E-state index in [-0.39, 0.29) is 10.4 Å². The Hall–Kier alpha value is -0.910. The predicted molar refractivity (Wildman–Crippen MR) is 76.9 cm³/mol. The Morgan fingerprint density at radius 3 is 1.95 bits per heavy atom. The van der Waals surface area contributed by atoms with Crippen molar-refractivity contribution in [3.63, 3.8) is 0 Å². The second kappa shape index (κ2) is 5.23. The van der Waals surface area contributed by atoms with Crippen molar-refractivity contribution in [1.29, 1.82) is 0 Å². The number of β-amino-alcohol motifs (C(OH)–C–C–N with tert-alkyl or cyclic N) is 1. The van der Waals surface area contributed by atoms with Crippen LogP contribution in [-0.2, 0) is 15.4 Å². The first-order valence-electron chi connectivity index (χ1n) is 6.20. The number of nitrogens with one attached hydrogen (secondary N) is 1. The molecule has 2 N–H and O–H groups in total. The Bertz CT molecular complexity index is 525. The van der Waals surface area contributed by atoms with Crippen molar-refractivity contribution in [2.24, 2.45) is 0 Å². The second-order valence-electron chi connectivity index (χ2n) is 6.17. The lowest BCUT2D eigenvalue weighted by Crippen LogP contribution is -2.44. The summed E-state index contributed by atoms with van der Waals surface area (Å²) in [5, 5.41) is 13.7. The number of sulfone groups is 1. The van der Waals surface area contributed by atoms with E-state index in [1.54, 1.807) is 19.1 Å². The third-order valence-electron chi connectivity index (χ3n) is 2.87. The molecule has 0 aliphatic carbocycles. The lowest BCUT2D eigenvalue weighted by molar-refractivity contribution is 0.0501. The monoisotopic (exact) mass is 285 g/mol. The Morgan fingerprint density at radius 1 is 1.11 bits per heavy atom. The molecule has 1 aromatic carbocycles. The van der Waals surface area contributed by atoms with Crippen LogP contribution in [-0.4, -0.2) is 31.9 Å². The van der Waals surface area contributed by atoms with Gasteiger partial charge in [0.15, 0.2) is 9.84 Å². The molecule has 0 heterocycles. The molecule has 1 rings (SSSR count). The third-order valence-corrected chi connectivity index (χ3v) is 4.00. The fraction of sp³-hybridized carbons (Fsp3) is 0.571.